The molecule has 1 unspecified atom stereocenters. The third-order valence-electron chi connectivity index (χ3n) is 5.93. The second kappa shape index (κ2) is 7.64. The number of fused-ring (bicyclic) bond motifs is 2. The number of amides is 1. The number of rotatable bonds is 4. The van der Waals surface area contributed by atoms with Gasteiger partial charge in [0.15, 0.2) is 0 Å². The van der Waals surface area contributed by atoms with Crippen molar-refractivity contribution in [2.45, 2.75) is 18.0 Å². The van der Waals surface area contributed by atoms with Crippen molar-refractivity contribution in [2.24, 2.45) is 0 Å². The van der Waals surface area contributed by atoms with Gasteiger partial charge in [0.2, 0.25) is 0 Å². The highest BCUT2D eigenvalue weighted by molar-refractivity contribution is 5.94. The molecular weight excluding hydrogens is 358 g/mol. The van der Waals surface area contributed by atoms with E-state index in [-0.39, 0.29) is 5.91 Å². The number of piperidine rings is 1. The van der Waals surface area contributed by atoms with Crippen LogP contribution in [0.2, 0.25) is 0 Å². The van der Waals surface area contributed by atoms with Crippen LogP contribution in [0.1, 0.15) is 33.0 Å². The van der Waals surface area contributed by atoms with Crippen LogP contribution < -0.4 is 5.32 Å². The summed E-state index contributed by atoms with van der Waals surface area (Å²) in [5.41, 5.74) is 4.47. The van der Waals surface area contributed by atoms with Crippen molar-refractivity contribution in [3.8, 4) is 0 Å². The molecule has 1 amide bonds. The summed E-state index contributed by atoms with van der Waals surface area (Å²) < 4.78 is 0. The normalized spacial score (nSPS) is 23.0. The number of aromatic nitrogens is 1. The Hall–Kier alpha value is -3.24. The fourth-order valence-electron chi connectivity index (χ4n) is 4.42. The molecule has 4 heteroatoms. The summed E-state index contributed by atoms with van der Waals surface area (Å²) in [6.45, 7) is 1.50. The topological polar surface area (TPSA) is 45.2 Å². The van der Waals surface area contributed by atoms with Gasteiger partial charge in [-0.3, -0.25) is 9.78 Å². The first-order valence-corrected chi connectivity index (χ1v) is 10.1. The van der Waals surface area contributed by atoms with Crippen molar-refractivity contribution in [3.05, 3.63) is 101 Å². The molecule has 3 aliphatic heterocycles. The molecule has 0 spiro atoms. The Balaban J connectivity index is 1.24. The third kappa shape index (κ3) is 3.59. The van der Waals surface area contributed by atoms with Gasteiger partial charge in [-0.25, -0.2) is 0 Å². The zero-order chi connectivity index (χ0) is 19.6. The highest BCUT2D eigenvalue weighted by Gasteiger charge is 2.48. The summed E-state index contributed by atoms with van der Waals surface area (Å²) in [6.07, 6.45) is 7.63. The van der Waals surface area contributed by atoms with Crippen LogP contribution in [0.3, 0.4) is 0 Å². The number of nitrogens with one attached hydrogen (secondary N) is 1. The molecule has 29 heavy (non-hydrogen) atoms. The predicted molar refractivity (Wildman–Crippen MR) is 115 cm³/mol. The predicted octanol–water partition coefficient (Wildman–Crippen LogP) is 3.83. The molecule has 0 aliphatic carbocycles. The van der Waals surface area contributed by atoms with Crippen LogP contribution in [0.15, 0.2) is 79.1 Å². The molecule has 2 bridgehead atoms. The lowest BCUT2D eigenvalue weighted by Gasteiger charge is -2.54. The van der Waals surface area contributed by atoms with Crippen LogP contribution in [0.5, 0.6) is 0 Å². The Kier molecular flexibility index (Phi) is 4.70. The van der Waals surface area contributed by atoms with Crippen molar-refractivity contribution in [2.75, 3.05) is 13.1 Å². The molecule has 4 heterocycles. The lowest BCUT2D eigenvalue weighted by Crippen LogP contribution is -2.72. The molecule has 3 saturated heterocycles. The number of piperazine rings is 1. The second-order valence-electron chi connectivity index (χ2n) is 7.76. The molecule has 0 radical (unpaired) electrons. The maximum atomic E-state index is 12.7. The van der Waals surface area contributed by atoms with Gasteiger partial charge in [-0.2, -0.15) is 0 Å². The van der Waals surface area contributed by atoms with Gasteiger partial charge in [-0.1, -0.05) is 66.7 Å². The van der Waals surface area contributed by atoms with Crippen LogP contribution in [-0.4, -0.2) is 41.0 Å². The molecule has 144 valence electrons. The molecule has 1 N–H and O–H groups in total. The van der Waals surface area contributed by atoms with Gasteiger partial charge in [0.1, 0.15) is 0 Å². The number of benzene rings is 2. The lowest BCUT2D eigenvalue weighted by molar-refractivity contribution is 0.0367. The summed E-state index contributed by atoms with van der Waals surface area (Å²) in [5.74, 6) is 0.576. The van der Waals surface area contributed by atoms with Crippen molar-refractivity contribution in [1.82, 2.24) is 15.2 Å². The summed E-state index contributed by atoms with van der Waals surface area (Å²) in [4.78, 5) is 18.7. The Labute approximate surface area is 170 Å². The van der Waals surface area contributed by atoms with E-state index in [1.807, 2.05) is 23.1 Å². The van der Waals surface area contributed by atoms with Crippen molar-refractivity contribution in [3.63, 3.8) is 0 Å². The molecule has 3 aliphatic rings. The first kappa shape index (κ1) is 17.8. The van der Waals surface area contributed by atoms with Gasteiger partial charge in [0.25, 0.3) is 5.91 Å². The number of carbonyl (C=O) groups is 1. The molecule has 3 atom stereocenters. The maximum absolute atomic E-state index is 12.7. The molecule has 3 fully saturated rings. The van der Waals surface area contributed by atoms with Gasteiger partial charge < -0.3 is 10.2 Å². The van der Waals surface area contributed by atoms with Crippen LogP contribution in [0.4, 0.5) is 0 Å². The van der Waals surface area contributed by atoms with E-state index in [2.05, 4.69) is 58.9 Å². The quantitative estimate of drug-likeness (QED) is 0.699. The number of pyridine rings is 1. The zero-order valence-electron chi connectivity index (χ0n) is 16.1. The standard InChI is InChI=1S/C25H23N3O/c29-25(21-12-14-26-15-13-21)28-16-22-24(23(17-28)27-22)20-10-8-19(9-11-20)7-6-18-4-2-1-3-5-18/h1-15,22-24,27H,16-17H2/b7-6+/t22-,23+,24?. The first-order valence-electron chi connectivity index (χ1n) is 10.1. The number of hydrogen-bond acceptors (Lipinski definition) is 3. The minimum atomic E-state index is 0.101. The number of nitrogens with zero attached hydrogens (tertiary/aromatic N) is 2. The third-order valence-corrected chi connectivity index (χ3v) is 5.93. The molecular formula is C25H23N3O. The van der Waals surface area contributed by atoms with Gasteiger partial charge in [-0.05, 0) is 28.8 Å². The van der Waals surface area contributed by atoms with E-state index < -0.39 is 0 Å². The number of hydrogen-bond donors (Lipinski definition) is 1. The highest BCUT2D eigenvalue weighted by Crippen LogP contribution is 2.37. The molecule has 3 aromatic rings. The fraction of sp³-hybridized carbons (Fsp3) is 0.200. The van der Waals surface area contributed by atoms with E-state index in [0.717, 1.165) is 13.1 Å². The summed E-state index contributed by atoms with van der Waals surface area (Å²) in [5, 5.41) is 3.61. The Bertz CT molecular complexity index is 1000. The van der Waals surface area contributed by atoms with E-state index in [0.29, 0.717) is 23.6 Å². The molecule has 0 saturated carbocycles. The minimum absolute atomic E-state index is 0.101. The van der Waals surface area contributed by atoms with Gasteiger partial charge in [0, 0.05) is 49.0 Å². The zero-order valence-corrected chi connectivity index (χ0v) is 16.1. The van der Waals surface area contributed by atoms with Crippen molar-refractivity contribution >= 4 is 18.1 Å². The van der Waals surface area contributed by atoms with E-state index in [1.165, 1.54) is 16.7 Å². The van der Waals surface area contributed by atoms with E-state index in [1.54, 1.807) is 24.5 Å². The van der Waals surface area contributed by atoms with Crippen molar-refractivity contribution in [1.29, 1.82) is 0 Å². The molecule has 4 nitrogen and oxygen atoms in total. The number of carbonyl (C=O) groups excluding carboxylic acids is 1. The average Bonchev–Trinajstić information content (AvgIpc) is 2.79. The molecule has 1 aromatic heterocycles. The average molecular weight is 381 g/mol. The fourth-order valence-corrected chi connectivity index (χ4v) is 4.42. The highest BCUT2D eigenvalue weighted by atomic mass is 16.2. The SMILES string of the molecule is O=C(c1ccncc1)N1C[C@@H]2N[C@H](C1)C2c1ccc(/C=C/c2ccccc2)cc1. The van der Waals surface area contributed by atoms with E-state index in [9.17, 15) is 4.79 Å². The van der Waals surface area contributed by atoms with Gasteiger partial charge in [-0.15, -0.1) is 0 Å². The lowest BCUT2D eigenvalue weighted by atomic mass is 9.74. The van der Waals surface area contributed by atoms with Crippen LogP contribution in [0, 0.1) is 0 Å². The summed E-state index contributed by atoms with van der Waals surface area (Å²) >= 11 is 0. The van der Waals surface area contributed by atoms with Crippen LogP contribution >= 0.6 is 0 Å². The van der Waals surface area contributed by atoms with Gasteiger partial charge in [0.05, 0.1) is 0 Å². The Morgan fingerprint density at radius 3 is 2.14 bits per heavy atom. The minimum Gasteiger partial charge on any atom is -0.335 e. The van der Waals surface area contributed by atoms with Crippen molar-refractivity contribution < 1.29 is 4.79 Å². The Morgan fingerprint density at radius 1 is 0.862 bits per heavy atom. The largest absolute Gasteiger partial charge is 0.335 e. The maximum Gasteiger partial charge on any atom is 0.254 e. The van der Waals surface area contributed by atoms with Gasteiger partial charge >= 0.3 is 0 Å². The van der Waals surface area contributed by atoms with Crippen LogP contribution in [0.25, 0.3) is 12.2 Å². The smallest absolute Gasteiger partial charge is 0.254 e. The van der Waals surface area contributed by atoms with E-state index in [4.69, 9.17) is 0 Å². The summed E-state index contributed by atoms with van der Waals surface area (Å²) in [6, 6.07) is 23.4. The summed E-state index contributed by atoms with van der Waals surface area (Å²) in [7, 11) is 0. The monoisotopic (exact) mass is 381 g/mol. The second-order valence-corrected chi connectivity index (χ2v) is 7.76. The van der Waals surface area contributed by atoms with E-state index >= 15 is 0 Å². The van der Waals surface area contributed by atoms with Crippen LogP contribution in [-0.2, 0) is 0 Å². The molecule has 6 rings (SSSR count). The Morgan fingerprint density at radius 2 is 1.48 bits per heavy atom. The first-order chi connectivity index (χ1) is 14.3. The molecule has 2 aromatic carbocycles.